The molecule has 0 fully saturated rings. The van der Waals surface area contributed by atoms with Crippen LogP contribution in [0.5, 0.6) is 17.2 Å². The summed E-state index contributed by atoms with van der Waals surface area (Å²) in [5.41, 5.74) is 2.12. The molecule has 5 heteroatoms. The van der Waals surface area contributed by atoms with Gasteiger partial charge in [0.25, 0.3) is 0 Å². The van der Waals surface area contributed by atoms with E-state index in [0.29, 0.717) is 32.6 Å². The maximum atomic E-state index is 12.1. The molecule has 2 aromatic carbocycles. The summed E-state index contributed by atoms with van der Waals surface area (Å²) in [5, 5.41) is 2.96. The molecule has 138 valence electrons. The van der Waals surface area contributed by atoms with Crippen LogP contribution in [0.15, 0.2) is 42.5 Å². The normalized spacial score (nSPS) is 12.7. The number of carbonyl (C=O) groups is 1. The lowest BCUT2D eigenvalue weighted by Gasteiger charge is -2.18. The number of nitrogens with one attached hydrogen (secondary N) is 1. The van der Waals surface area contributed by atoms with Crippen LogP contribution in [0, 0.1) is 0 Å². The number of rotatable bonds is 7. The van der Waals surface area contributed by atoms with Crippen LogP contribution < -0.4 is 19.5 Å². The Morgan fingerprint density at radius 1 is 1.04 bits per heavy atom. The Morgan fingerprint density at radius 3 is 2.46 bits per heavy atom. The minimum Gasteiger partial charge on any atom is -0.491 e. The largest absolute Gasteiger partial charge is 0.491 e. The fourth-order valence-electron chi connectivity index (χ4n) is 2.75. The lowest BCUT2D eigenvalue weighted by Crippen LogP contribution is -2.23. The maximum absolute atomic E-state index is 12.1. The number of amides is 1. The summed E-state index contributed by atoms with van der Waals surface area (Å²) in [6.07, 6.45) is 1.26. The van der Waals surface area contributed by atoms with Gasteiger partial charge in [0.05, 0.1) is 6.10 Å². The molecule has 0 saturated heterocycles. The van der Waals surface area contributed by atoms with Crippen LogP contribution in [-0.4, -0.2) is 25.2 Å². The highest BCUT2D eigenvalue weighted by molar-refractivity contribution is 5.76. The van der Waals surface area contributed by atoms with Gasteiger partial charge in [-0.3, -0.25) is 4.79 Å². The predicted molar refractivity (Wildman–Crippen MR) is 99.8 cm³/mol. The Balaban J connectivity index is 1.44. The van der Waals surface area contributed by atoms with Crippen molar-refractivity contribution in [3.8, 4) is 17.2 Å². The molecule has 1 aliphatic rings. The van der Waals surface area contributed by atoms with E-state index in [-0.39, 0.29) is 12.0 Å². The van der Waals surface area contributed by atoms with Crippen LogP contribution >= 0.6 is 0 Å². The van der Waals surface area contributed by atoms with E-state index in [2.05, 4.69) is 5.32 Å². The highest BCUT2D eigenvalue weighted by Crippen LogP contribution is 2.31. The Kier molecular flexibility index (Phi) is 6.00. The number of ether oxygens (including phenoxy) is 3. The summed E-state index contributed by atoms with van der Waals surface area (Å²) in [6.45, 7) is 5.66. The van der Waals surface area contributed by atoms with Crippen molar-refractivity contribution in [3.63, 3.8) is 0 Å². The Labute approximate surface area is 154 Å². The number of aryl methyl sites for hydroxylation is 1. The van der Waals surface area contributed by atoms with Gasteiger partial charge < -0.3 is 19.5 Å². The maximum Gasteiger partial charge on any atom is 0.220 e. The highest BCUT2D eigenvalue weighted by atomic mass is 16.6. The molecule has 1 amide bonds. The van der Waals surface area contributed by atoms with Crippen LogP contribution in [0.4, 0.5) is 0 Å². The molecule has 26 heavy (non-hydrogen) atoms. The average molecular weight is 355 g/mol. The summed E-state index contributed by atoms with van der Waals surface area (Å²) in [7, 11) is 0. The van der Waals surface area contributed by atoms with Crippen molar-refractivity contribution in [2.75, 3.05) is 13.2 Å². The molecule has 0 radical (unpaired) electrons. The van der Waals surface area contributed by atoms with Crippen molar-refractivity contribution in [1.82, 2.24) is 5.32 Å². The van der Waals surface area contributed by atoms with Crippen molar-refractivity contribution in [2.24, 2.45) is 0 Å². The van der Waals surface area contributed by atoms with Crippen molar-refractivity contribution in [3.05, 3.63) is 53.6 Å². The number of hydrogen-bond donors (Lipinski definition) is 1. The molecular weight excluding hydrogens is 330 g/mol. The van der Waals surface area contributed by atoms with Crippen molar-refractivity contribution < 1.29 is 19.0 Å². The van der Waals surface area contributed by atoms with Crippen LogP contribution in [-0.2, 0) is 17.8 Å². The van der Waals surface area contributed by atoms with E-state index in [1.54, 1.807) is 0 Å². The van der Waals surface area contributed by atoms with Gasteiger partial charge >= 0.3 is 0 Å². The van der Waals surface area contributed by atoms with Crippen LogP contribution in [0.3, 0.4) is 0 Å². The van der Waals surface area contributed by atoms with E-state index >= 15 is 0 Å². The first-order chi connectivity index (χ1) is 12.6. The molecule has 0 aromatic heterocycles. The topological polar surface area (TPSA) is 56.8 Å². The van der Waals surface area contributed by atoms with Gasteiger partial charge in [-0.2, -0.15) is 0 Å². The first-order valence-electron chi connectivity index (χ1n) is 9.01. The fourth-order valence-corrected chi connectivity index (χ4v) is 2.75. The molecule has 1 heterocycles. The van der Waals surface area contributed by atoms with Gasteiger partial charge in [-0.1, -0.05) is 18.2 Å². The number of carbonyl (C=O) groups excluding carboxylic acids is 1. The molecule has 5 nitrogen and oxygen atoms in total. The zero-order valence-corrected chi connectivity index (χ0v) is 15.3. The SMILES string of the molecule is CC(C)Oc1ccc(CNC(=O)CCc2ccc3c(c2)OCCO3)cc1. The summed E-state index contributed by atoms with van der Waals surface area (Å²) >= 11 is 0. The van der Waals surface area contributed by atoms with E-state index < -0.39 is 0 Å². The molecule has 0 bridgehead atoms. The molecule has 0 aliphatic carbocycles. The quantitative estimate of drug-likeness (QED) is 0.826. The first-order valence-corrected chi connectivity index (χ1v) is 9.01. The minimum atomic E-state index is 0.0300. The number of hydrogen-bond acceptors (Lipinski definition) is 4. The third-order valence-electron chi connectivity index (χ3n) is 4.03. The predicted octanol–water partition coefficient (Wildman–Crippen LogP) is 3.49. The molecule has 1 aliphatic heterocycles. The standard InChI is InChI=1S/C21H25NO4/c1-15(2)26-18-7-3-17(4-8-18)14-22-21(23)10-6-16-5-9-19-20(13-16)25-12-11-24-19/h3-5,7-9,13,15H,6,10-12,14H2,1-2H3,(H,22,23). The summed E-state index contributed by atoms with van der Waals surface area (Å²) in [4.78, 5) is 12.1. The molecule has 0 unspecified atom stereocenters. The Hall–Kier alpha value is -2.69. The summed E-state index contributed by atoms with van der Waals surface area (Å²) in [6, 6.07) is 13.6. The molecule has 0 spiro atoms. The first kappa shape index (κ1) is 18.1. The molecule has 3 rings (SSSR count). The van der Waals surface area contributed by atoms with Gasteiger partial charge in [-0.15, -0.1) is 0 Å². The zero-order valence-electron chi connectivity index (χ0n) is 15.3. The van der Waals surface area contributed by atoms with E-state index in [1.807, 2.05) is 56.3 Å². The zero-order chi connectivity index (χ0) is 18.4. The van der Waals surface area contributed by atoms with Gasteiger partial charge in [0.2, 0.25) is 5.91 Å². The highest BCUT2D eigenvalue weighted by Gasteiger charge is 2.12. The molecule has 0 atom stereocenters. The van der Waals surface area contributed by atoms with Crippen molar-refractivity contribution in [2.45, 2.75) is 39.3 Å². The molecule has 0 saturated carbocycles. The fraction of sp³-hybridized carbons (Fsp3) is 0.381. The lowest BCUT2D eigenvalue weighted by atomic mass is 10.1. The monoisotopic (exact) mass is 355 g/mol. The van der Waals surface area contributed by atoms with Crippen LogP contribution in [0.2, 0.25) is 0 Å². The average Bonchev–Trinajstić information content (AvgIpc) is 2.65. The van der Waals surface area contributed by atoms with Crippen LogP contribution in [0.1, 0.15) is 31.4 Å². The molecule has 2 aromatic rings. The summed E-state index contributed by atoms with van der Waals surface area (Å²) < 4.78 is 16.7. The summed E-state index contributed by atoms with van der Waals surface area (Å²) in [5.74, 6) is 2.41. The van der Waals surface area contributed by atoms with Crippen molar-refractivity contribution >= 4 is 5.91 Å². The minimum absolute atomic E-state index is 0.0300. The van der Waals surface area contributed by atoms with Gasteiger partial charge in [-0.25, -0.2) is 0 Å². The molecular formula is C21H25NO4. The second-order valence-electron chi connectivity index (χ2n) is 6.57. The number of benzene rings is 2. The van der Waals surface area contributed by atoms with Crippen molar-refractivity contribution in [1.29, 1.82) is 0 Å². The van der Waals surface area contributed by atoms with E-state index in [1.165, 1.54) is 0 Å². The van der Waals surface area contributed by atoms with Gasteiger partial charge in [0.15, 0.2) is 11.5 Å². The van der Waals surface area contributed by atoms with Gasteiger partial charge in [0.1, 0.15) is 19.0 Å². The second kappa shape index (κ2) is 8.61. The Morgan fingerprint density at radius 2 is 1.73 bits per heavy atom. The van der Waals surface area contributed by atoms with E-state index in [4.69, 9.17) is 14.2 Å². The van der Waals surface area contributed by atoms with E-state index in [9.17, 15) is 4.79 Å². The molecule has 1 N–H and O–H groups in total. The Bertz CT molecular complexity index is 740. The van der Waals surface area contributed by atoms with Crippen LogP contribution in [0.25, 0.3) is 0 Å². The second-order valence-corrected chi connectivity index (χ2v) is 6.57. The third-order valence-corrected chi connectivity index (χ3v) is 4.03. The smallest absolute Gasteiger partial charge is 0.220 e. The number of fused-ring (bicyclic) bond motifs is 1. The van der Waals surface area contributed by atoms with E-state index in [0.717, 1.165) is 28.4 Å². The lowest BCUT2D eigenvalue weighted by molar-refractivity contribution is -0.121. The van der Waals surface area contributed by atoms with Gasteiger partial charge in [-0.05, 0) is 55.7 Å². The third kappa shape index (κ3) is 5.15. The van der Waals surface area contributed by atoms with Gasteiger partial charge in [0, 0.05) is 13.0 Å².